The third-order valence-corrected chi connectivity index (χ3v) is 5.54. The van der Waals surface area contributed by atoms with Gasteiger partial charge in [0.05, 0.1) is 10.6 Å². The second kappa shape index (κ2) is 5.44. The molecule has 1 aromatic carbocycles. The predicted octanol–water partition coefficient (Wildman–Crippen LogP) is 4.32. The molecule has 1 aromatic rings. The highest BCUT2D eigenvalue weighted by molar-refractivity contribution is 6.83. The molecule has 0 N–H and O–H groups in total. The number of fused-ring (bicyclic) bond motifs is 1. The summed E-state index contributed by atoms with van der Waals surface area (Å²) in [6.45, 7) is 9.49. The summed E-state index contributed by atoms with van der Waals surface area (Å²) in [4.78, 5) is 14.6. The Labute approximate surface area is 138 Å². The molecule has 3 rings (SSSR count). The van der Waals surface area contributed by atoms with E-state index in [1.54, 1.807) is 0 Å². The first kappa shape index (κ1) is 15.6. The van der Waals surface area contributed by atoms with Crippen LogP contribution in [0.2, 0.25) is 24.7 Å². The average Bonchev–Trinajstić information content (AvgIpc) is 3.20. The van der Waals surface area contributed by atoms with Gasteiger partial charge in [0.2, 0.25) is 0 Å². The largest absolute Gasteiger partial charge is 0.331 e. The number of halogens is 1. The van der Waals surface area contributed by atoms with Crippen LogP contribution in [0.4, 0.5) is 0 Å². The maximum Gasteiger partial charge on any atom is 0.256 e. The summed E-state index contributed by atoms with van der Waals surface area (Å²) in [6.07, 6.45) is 2.48. The predicted molar refractivity (Wildman–Crippen MR) is 93.7 cm³/mol. The summed E-state index contributed by atoms with van der Waals surface area (Å²) in [5.74, 6) is 4.00. The maximum atomic E-state index is 12.6. The molecule has 1 saturated carbocycles. The second-order valence-corrected chi connectivity index (χ2v) is 12.7. The molecule has 0 aromatic heterocycles. The highest BCUT2D eigenvalue weighted by atomic mass is 35.5. The zero-order chi connectivity index (χ0) is 16.1. The molecule has 0 spiro atoms. The molecule has 1 aliphatic heterocycles. The quantitative estimate of drug-likeness (QED) is 0.583. The van der Waals surface area contributed by atoms with E-state index in [0.717, 1.165) is 11.1 Å². The molecule has 1 aliphatic carbocycles. The number of nitrogens with zero attached hydrogens (tertiary/aromatic N) is 1. The van der Waals surface area contributed by atoms with Gasteiger partial charge in [0, 0.05) is 18.2 Å². The van der Waals surface area contributed by atoms with Crippen LogP contribution in [-0.4, -0.2) is 24.9 Å². The normalized spacial score (nSPS) is 18.8. The number of rotatable bonds is 2. The minimum atomic E-state index is -1.42. The molecule has 4 heteroatoms. The molecule has 1 heterocycles. The van der Waals surface area contributed by atoms with E-state index in [4.69, 9.17) is 11.6 Å². The van der Waals surface area contributed by atoms with Gasteiger partial charge in [-0.3, -0.25) is 4.79 Å². The van der Waals surface area contributed by atoms with E-state index in [0.29, 0.717) is 29.1 Å². The van der Waals surface area contributed by atoms with E-state index in [1.165, 1.54) is 12.8 Å². The molecule has 0 saturated heterocycles. The lowest BCUT2D eigenvalue weighted by molar-refractivity contribution is 0.0697. The number of carbonyl (C=O) groups excluding carboxylic acids is 1. The van der Waals surface area contributed by atoms with Gasteiger partial charge in [-0.1, -0.05) is 37.2 Å². The standard InChI is InChI=1S/C18H22ClNOSi/c1-12(14-5-6-14)20-11-15-9-13(7-8-22(2,3)4)10-16(19)17(15)18(20)21/h9-10,12,14H,5-6,11H2,1-4H3. The van der Waals surface area contributed by atoms with Crippen LogP contribution < -0.4 is 0 Å². The van der Waals surface area contributed by atoms with Crippen LogP contribution in [0, 0.1) is 17.4 Å². The van der Waals surface area contributed by atoms with Gasteiger partial charge in [0.15, 0.2) is 0 Å². The summed E-state index contributed by atoms with van der Waals surface area (Å²) in [7, 11) is -1.42. The van der Waals surface area contributed by atoms with Gasteiger partial charge < -0.3 is 4.90 Å². The first-order chi connectivity index (χ1) is 10.3. The van der Waals surface area contributed by atoms with Gasteiger partial charge in [0.1, 0.15) is 8.07 Å². The van der Waals surface area contributed by atoms with Crippen LogP contribution in [0.15, 0.2) is 12.1 Å². The average molecular weight is 332 g/mol. The van der Waals surface area contributed by atoms with Crippen molar-refractivity contribution < 1.29 is 4.79 Å². The van der Waals surface area contributed by atoms with Gasteiger partial charge in [-0.25, -0.2) is 0 Å². The molecule has 1 amide bonds. The zero-order valence-corrected chi connectivity index (χ0v) is 15.4. The van der Waals surface area contributed by atoms with Gasteiger partial charge in [0.25, 0.3) is 5.91 Å². The van der Waals surface area contributed by atoms with E-state index in [9.17, 15) is 4.79 Å². The molecule has 1 unspecified atom stereocenters. The minimum absolute atomic E-state index is 0.0871. The second-order valence-electron chi connectivity index (χ2n) is 7.50. The van der Waals surface area contributed by atoms with Crippen molar-refractivity contribution >= 4 is 25.6 Å². The fraction of sp³-hybridized carbons (Fsp3) is 0.500. The lowest BCUT2D eigenvalue weighted by Crippen LogP contribution is -2.34. The van der Waals surface area contributed by atoms with Crippen molar-refractivity contribution in [2.75, 3.05) is 0 Å². The summed E-state index contributed by atoms with van der Waals surface area (Å²) >= 11 is 6.38. The van der Waals surface area contributed by atoms with Crippen LogP contribution in [0.5, 0.6) is 0 Å². The molecule has 1 fully saturated rings. The van der Waals surface area contributed by atoms with Crippen LogP contribution in [0.3, 0.4) is 0 Å². The molecular formula is C18H22ClNOSi. The van der Waals surface area contributed by atoms with Crippen molar-refractivity contribution in [1.82, 2.24) is 4.90 Å². The lowest BCUT2D eigenvalue weighted by atomic mass is 10.1. The number of benzene rings is 1. The Morgan fingerprint density at radius 2 is 2.00 bits per heavy atom. The molecule has 0 bridgehead atoms. The van der Waals surface area contributed by atoms with Gasteiger partial charge in [-0.05, 0) is 43.4 Å². The summed E-state index contributed by atoms with van der Waals surface area (Å²) in [5.41, 5.74) is 6.01. The van der Waals surface area contributed by atoms with Crippen LogP contribution in [0.1, 0.15) is 41.3 Å². The van der Waals surface area contributed by atoms with Crippen molar-refractivity contribution in [2.45, 2.75) is 52.0 Å². The molecule has 2 nitrogen and oxygen atoms in total. The van der Waals surface area contributed by atoms with E-state index < -0.39 is 8.07 Å². The SMILES string of the molecule is CC(C1CC1)N1Cc2cc(C#C[Si](C)(C)C)cc(Cl)c2C1=O. The minimum Gasteiger partial charge on any atom is -0.331 e. The Kier molecular flexibility index (Phi) is 3.87. The van der Waals surface area contributed by atoms with Gasteiger partial charge in [-0.15, -0.1) is 5.54 Å². The third kappa shape index (κ3) is 3.09. The number of carbonyl (C=O) groups is 1. The molecule has 116 valence electrons. The highest BCUT2D eigenvalue weighted by Crippen LogP contribution is 2.39. The lowest BCUT2D eigenvalue weighted by Gasteiger charge is -2.23. The number of hydrogen-bond acceptors (Lipinski definition) is 1. The monoisotopic (exact) mass is 331 g/mol. The van der Waals surface area contributed by atoms with Gasteiger partial charge in [-0.2, -0.15) is 0 Å². The molecule has 22 heavy (non-hydrogen) atoms. The van der Waals surface area contributed by atoms with E-state index in [2.05, 4.69) is 38.0 Å². The van der Waals surface area contributed by atoms with Crippen molar-refractivity contribution in [2.24, 2.45) is 5.92 Å². The Morgan fingerprint density at radius 1 is 1.32 bits per heavy atom. The smallest absolute Gasteiger partial charge is 0.256 e. The summed E-state index contributed by atoms with van der Waals surface area (Å²) in [6, 6.07) is 4.20. The Balaban J connectivity index is 1.91. The van der Waals surface area contributed by atoms with Crippen LogP contribution in [-0.2, 0) is 6.54 Å². The maximum absolute atomic E-state index is 12.6. The van der Waals surface area contributed by atoms with E-state index >= 15 is 0 Å². The fourth-order valence-electron chi connectivity index (χ4n) is 2.92. The van der Waals surface area contributed by atoms with Gasteiger partial charge >= 0.3 is 0 Å². The molecule has 0 radical (unpaired) electrons. The zero-order valence-electron chi connectivity index (χ0n) is 13.7. The van der Waals surface area contributed by atoms with Crippen molar-refractivity contribution in [3.63, 3.8) is 0 Å². The first-order valence-corrected chi connectivity index (χ1v) is 11.8. The van der Waals surface area contributed by atoms with Crippen molar-refractivity contribution in [1.29, 1.82) is 0 Å². The first-order valence-electron chi connectivity index (χ1n) is 7.93. The van der Waals surface area contributed by atoms with E-state index in [1.807, 2.05) is 17.0 Å². The Morgan fingerprint density at radius 3 is 2.59 bits per heavy atom. The fourth-order valence-corrected chi connectivity index (χ4v) is 3.76. The Hall–Kier alpha value is -1.24. The third-order valence-electron chi connectivity index (χ3n) is 4.37. The molecular weight excluding hydrogens is 310 g/mol. The molecule has 2 aliphatic rings. The van der Waals surface area contributed by atoms with Crippen LogP contribution in [0.25, 0.3) is 0 Å². The van der Waals surface area contributed by atoms with E-state index in [-0.39, 0.29) is 5.91 Å². The summed E-state index contributed by atoms with van der Waals surface area (Å²) in [5, 5.41) is 0.549. The topological polar surface area (TPSA) is 20.3 Å². The summed E-state index contributed by atoms with van der Waals surface area (Å²) < 4.78 is 0. The molecule has 1 atom stereocenters. The number of amides is 1. The highest BCUT2D eigenvalue weighted by Gasteiger charge is 2.39. The Bertz CT molecular complexity index is 692. The van der Waals surface area contributed by atoms with Crippen molar-refractivity contribution in [3.05, 3.63) is 33.8 Å². The van der Waals surface area contributed by atoms with Crippen molar-refractivity contribution in [3.8, 4) is 11.5 Å². The van der Waals surface area contributed by atoms with Crippen LogP contribution >= 0.6 is 11.6 Å². The number of hydrogen-bond donors (Lipinski definition) is 0.